The van der Waals surface area contributed by atoms with Crippen LogP contribution in [0.15, 0.2) is 24.3 Å². The minimum absolute atomic E-state index is 0.517. The van der Waals surface area contributed by atoms with E-state index in [0.717, 1.165) is 5.56 Å². The summed E-state index contributed by atoms with van der Waals surface area (Å²) < 4.78 is 10.1. The molecule has 0 unspecified atom stereocenters. The molecule has 80 valence electrons. The smallest absolute Gasteiger partial charge is 0.245 e. The van der Waals surface area contributed by atoms with E-state index in [1.807, 2.05) is 0 Å². The van der Waals surface area contributed by atoms with E-state index >= 15 is 0 Å². The second-order valence-electron chi connectivity index (χ2n) is 2.78. The van der Waals surface area contributed by atoms with E-state index in [1.54, 1.807) is 38.5 Å². The molecule has 0 saturated heterocycles. The summed E-state index contributed by atoms with van der Waals surface area (Å²) in [4.78, 5) is 10.5. The molecule has 0 bridgehead atoms. The molecule has 1 aromatic carbocycles. The number of ether oxygens (including phenoxy) is 2. The van der Waals surface area contributed by atoms with Gasteiger partial charge in [-0.3, -0.25) is 4.79 Å². The van der Waals surface area contributed by atoms with Crippen LogP contribution in [0.2, 0.25) is 0 Å². The fourth-order valence-electron chi connectivity index (χ4n) is 1.09. The summed E-state index contributed by atoms with van der Waals surface area (Å²) in [6, 6.07) is 5.30. The number of halogens is 1. The van der Waals surface area contributed by atoms with Crippen LogP contribution in [0.25, 0.3) is 6.08 Å². The van der Waals surface area contributed by atoms with E-state index in [4.69, 9.17) is 21.1 Å². The molecule has 0 heterocycles. The lowest BCUT2D eigenvalue weighted by Gasteiger charge is -2.05. The van der Waals surface area contributed by atoms with E-state index in [0.29, 0.717) is 11.5 Å². The van der Waals surface area contributed by atoms with Gasteiger partial charge >= 0.3 is 0 Å². The van der Waals surface area contributed by atoms with Gasteiger partial charge in [0.05, 0.1) is 14.2 Å². The number of hydrogen-bond donors (Lipinski definition) is 0. The first kappa shape index (κ1) is 11.6. The Labute approximate surface area is 93.3 Å². The number of carbonyl (C=O) groups excluding carboxylic acids is 1. The molecule has 1 aromatic rings. The second kappa shape index (κ2) is 5.41. The maximum absolute atomic E-state index is 10.5. The normalized spacial score (nSPS) is 10.3. The Kier molecular flexibility index (Phi) is 4.18. The van der Waals surface area contributed by atoms with Crippen molar-refractivity contribution in [1.82, 2.24) is 0 Å². The molecular formula is C11H11ClO3. The lowest BCUT2D eigenvalue weighted by Crippen LogP contribution is -1.88. The van der Waals surface area contributed by atoms with E-state index < -0.39 is 5.24 Å². The van der Waals surface area contributed by atoms with E-state index in [2.05, 4.69) is 0 Å². The average Bonchev–Trinajstić information content (AvgIpc) is 2.25. The third-order valence-corrected chi connectivity index (χ3v) is 1.91. The SMILES string of the molecule is COc1cc(/C=C\C(=O)Cl)cc(OC)c1. The fraction of sp³-hybridized carbons (Fsp3) is 0.182. The summed E-state index contributed by atoms with van der Waals surface area (Å²) >= 11 is 5.19. The second-order valence-corrected chi connectivity index (χ2v) is 3.16. The van der Waals surface area contributed by atoms with Gasteiger partial charge in [0.15, 0.2) is 0 Å². The third-order valence-electron chi connectivity index (χ3n) is 1.78. The first-order chi connectivity index (χ1) is 7.15. The van der Waals surface area contributed by atoms with Gasteiger partial charge in [-0.1, -0.05) is 0 Å². The molecule has 4 heteroatoms. The van der Waals surface area contributed by atoms with Crippen LogP contribution in [0.3, 0.4) is 0 Å². The largest absolute Gasteiger partial charge is 0.497 e. The maximum Gasteiger partial charge on any atom is 0.245 e. The number of allylic oxidation sites excluding steroid dienone is 1. The molecular weight excluding hydrogens is 216 g/mol. The molecule has 0 atom stereocenters. The number of benzene rings is 1. The Bertz CT molecular complexity index is 363. The number of carbonyl (C=O) groups is 1. The summed E-state index contributed by atoms with van der Waals surface area (Å²) in [5, 5.41) is -0.517. The van der Waals surface area contributed by atoms with Crippen LogP contribution in [0, 0.1) is 0 Å². The predicted molar refractivity (Wildman–Crippen MR) is 59.4 cm³/mol. The number of rotatable bonds is 4. The fourth-order valence-corrected chi connectivity index (χ4v) is 1.15. The monoisotopic (exact) mass is 226 g/mol. The minimum atomic E-state index is -0.517. The zero-order valence-corrected chi connectivity index (χ0v) is 9.25. The molecule has 0 aromatic heterocycles. The van der Waals surface area contributed by atoms with Crippen molar-refractivity contribution in [3.63, 3.8) is 0 Å². The summed E-state index contributed by atoms with van der Waals surface area (Å²) in [7, 11) is 3.13. The molecule has 0 aliphatic rings. The highest BCUT2D eigenvalue weighted by Crippen LogP contribution is 2.23. The Morgan fingerprint density at radius 1 is 1.20 bits per heavy atom. The lowest BCUT2D eigenvalue weighted by atomic mass is 10.2. The number of methoxy groups -OCH3 is 2. The van der Waals surface area contributed by atoms with Crippen LogP contribution in [-0.2, 0) is 4.79 Å². The van der Waals surface area contributed by atoms with Crippen molar-refractivity contribution in [3.8, 4) is 11.5 Å². The molecule has 1 rings (SSSR count). The van der Waals surface area contributed by atoms with Crippen molar-refractivity contribution in [2.24, 2.45) is 0 Å². The van der Waals surface area contributed by atoms with E-state index in [1.165, 1.54) is 6.08 Å². The molecule has 0 aliphatic carbocycles. The third kappa shape index (κ3) is 3.64. The van der Waals surface area contributed by atoms with Crippen LogP contribution >= 0.6 is 11.6 Å². The summed E-state index contributed by atoms with van der Waals surface area (Å²) in [6.45, 7) is 0. The van der Waals surface area contributed by atoms with Gasteiger partial charge in [-0.05, 0) is 41.4 Å². The zero-order valence-electron chi connectivity index (χ0n) is 8.49. The van der Waals surface area contributed by atoms with Crippen LogP contribution in [-0.4, -0.2) is 19.5 Å². The van der Waals surface area contributed by atoms with E-state index in [9.17, 15) is 4.79 Å². The first-order valence-corrected chi connectivity index (χ1v) is 4.64. The zero-order chi connectivity index (χ0) is 11.3. The van der Waals surface area contributed by atoms with Crippen molar-refractivity contribution in [2.45, 2.75) is 0 Å². The Balaban J connectivity index is 3.01. The molecule has 0 saturated carbocycles. The van der Waals surface area contributed by atoms with Crippen LogP contribution in [0.1, 0.15) is 5.56 Å². The van der Waals surface area contributed by atoms with Crippen molar-refractivity contribution in [2.75, 3.05) is 14.2 Å². The highest BCUT2D eigenvalue weighted by atomic mass is 35.5. The predicted octanol–water partition coefficient (Wildman–Crippen LogP) is 2.48. The molecule has 0 amide bonds. The van der Waals surface area contributed by atoms with Crippen LogP contribution in [0.5, 0.6) is 11.5 Å². The number of hydrogen-bond acceptors (Lipinski definition) is 3. The molecule has 0 spiro atoms. The van der Waals surface area contributed by atoms with Crippen molar-refractivity contribution in [3.05, 3.63) is 29.8 Å². The summed E-state index contributed by atoms with van der Waals surface area (Å²) in [5.74, 6) is 1.33. The molecule has 0 aliphatic heterocycles. The molecule has 15 heavy (non-hydrogen) atoms. The maximum atomic E-state index is 10.5. The first-order valence-electron chi connectivity index (χ1n) is 4.26. The van der Waals surface area contributed by atoms with Gasteiger partial charge in [0, 0.05) is 6.07 Å². The topological polar surface area (TPSA) is 35.5 Å². The lowest BCUT2D eigenvalue weighted by molar-refractivity contribution is -0.107. The minimum Gasteiger partial charge on any atom is -0.497 e. The molecule has 0 radical (unpaired) electrons. The van der Waals surface area contributed by atoms with Gasteiger partial charge in [0.1, 0.15) is 11.5 Å². The van der Waals surface area contributed by atoms with Gasteiger partial charge < -0.3 is 9.47 Å². The van der Waals surface area contributed by atoms with Gasteiger partial charge in [0.25, 0.3) is 0 Å². The summed E-state index contributed by atoms with van der Waals surface area (Å²) in [6.07, 6.45) is 2.87. The Hall–Kier alpha value is -1.48. The molecule has 0 N–H and O–H groups in total. The van der Waals surface area contributed by atoms with Crippen LogP contribution in [0.4, 0.5) is 0 Å². The Morgan fingerprint density at radius 2 is 1.73 bits per heavy atom. The van der Waals surface area contributed by atoms with Crippen LogP contribution < -0.4 is 9.47 Å². The summed E-state index contributed by atoms with van der Waals surface area (Å²) in [5.41, 5.74) is 0.792. The standard InChI is InChI=1S/C11H11ClO3/c1-14-9-5-8(3-4-11(12)13)6-10(7-9)15-2/h3-7H,1-2H3/b4-3-. The molecule has 0 fully saturated rings. The molecule has 3 nitrogen and oxygen atoms in total. The average molecular weight is 227 g/mol. The van der Waals surface area contributed by atoms with Gasteiger partial charge in [0.2, 0.25) is 5.24 Å². The van der Waals surface area contributed by atoms with Crippen molar-refractivity contribution >= 4 is 22.9 Å². The van der Waals surface area contributed by atoms with Crippen molar-refractivity contribution in [1.29, 1.82) is 0 Å². The van der Waals surface area contributed by atoms with Gasteiger partial charge in [-0.15, -0.1) is 0 Å². The van der Waals surface area contributed by atoms with E-state index in [-0.39, 0.29) is 0 Å². The Morgan fingerprint density at radius 3 is 2.13 bits per heavy atom. The van der Waals surface area contributed by atoms with Crippen molar-refractivity contribution < 1.29 is 14.3 Å². The highest BCUT2D eigenvalue weighted by molar-refractivity contribution is 6.66. The quantitative estimate of drug-likeness (QED) is 0.585. The van der Waals surface area contributed by atoms with Gasteiger partial charge in [-0.25, -0.2) is 0 Å². The highest BCUT2D eigenvalue weighted by Gasteiger charge is 1.99. The van der Waals surface area contributed by atoms with Gasteiger partial charge in [-0.2, -0.15) is 0 Å².